The van der Waals surface area contributed by atoms with Gasteiger partial charge in [-0.1, -0.05) is 102 Å². The minimum Gasteiger partial charge on any atom is -0.351 e. The number of amides is 11. The Hall–Kier alpha value is -7.02. The third-order valence-corrected chi connectivity index (χ3v) is 18.3. The number of hydrogen-bond acceptors (Lipinski definition) is 11. The molecule has 0 bridgehead atoms. The van der Waals surface area contributed by atoms with Gasteiger partial charge in [-0.25, -0.2) is 0 Å². The number of alkyl halides is 3. The number of fused-ring (bicyclic) bond motifs is 1. The maximum Gasteiger partial charge on any atom is 0.417 e. The number of halogens is 5. The Morgan fingerprint density at radius 2 is 1.24 bits per heavy atom. The fourth-order valence-electron chi connectivity index (χ4n) is 12.1. The van der Waals surface area contributed by atoms with E-state index in [1.807, 2.05) is 20.8 Å². The lowest BCUT2D eigenvalue weighted by Crippen LogP contribution is -2.64. The Labute approximate surface area is 542 Å². The molecule has 91 heavy (non-hydrogen) atoms. The first-order valence-corrected chi connectivity index (χ1v) is 31.9. The van der Waals surface area contributed by atoms with Gasteiger partial charge < -0.3 is 55.6 Å². The molecule has 2 aromatic carbocycles. The second-order valence-electron chi connectivity index (χ2n) is 25.7. The van der Waals surface area contributed by atoms with Gasteiger partial charge in [0, 0.05) is 72.7 Å². The maximum absolute atomic E-state index is 15.0. The van der Waals surface area contributed by atoms with Gasteiger partial charge in [0.15, 0.2) is 0 Å². The van der Waals surface area contributed by atoms with Crippen LogP contribution in [0.1, 0.15) is 129 Å². The molecule has 3 aliphatic rings. The molecule has 27 heteroatoms. The molecule has 3 fully saturated rings. The quantitative estimate of drug-likeness (QED) is 0.244. The molecule has 0 radical (unpaired) electrons. The molecule has 504 valence electrons. The van der Waals surface area contributed by atoms with E-state index >= 15 is 0 Å². The van der Waals surface area contributed by atoms with Crippen molar-refractivity contribution in [3.63, 3.8) is 0 Å². The minimum atomic E-state index is -4.76. The molecule has 0 aromatic heterocycles. The van der Waals surface area contributed by atoms with Crippen LogP contribution >= 0.6 is 23.2 Å². The highest BCUT2D eigenvalue weighted by molar-refractivity contribution is 6.31. The highest BCUT2D eigenvalue weighted by atomic mass is 35.5. The topological polar surface area (TPSA) is 259 Å². The first-order valence-electron chi connectivity index (χ1n) is 31.2. The van der Waals surface area contributed by atoms with Crippen molar-refractivity contribution in [2.45, 2.75) is 180 Å². The second kappa shape index (κ2) is 32.5. The lowest BCUT2D eigenvalue weighted by atomic mass is 9.92. The molecule has 22 nitrogen and oxygen atoms in total. The van der Waals surface area contributed by atoms with E-state index < -0.39 is 161 Å². The van der Waals surface area contributed by atoms with Crippen molar-refractivity contribution in [3.8, 4) is 0 Å². The summed E-state index contributed by atoms with van der Waals surface area (Å²) in [6.07, 6.45) is -2.89. The molecule has 0 unspecified atom stereocenters. The summed E-state index contributed by atoms with van der Waals surface area (Å²) in [4.78, 5) is 167. The van der Waals surface area contributed by atoms with Crippen LogP contribution in [-0.4, -0.2) is 216 Å². The van der Waals surface area contributed by atoms with E-state index in [2.05, 4.69) is 21.3 Å². The molecule has 8 atom stereocenters. The average Bonchev–Trinajstić information content (AvgIpc) is 1.75. The van der Waals surface area contributed by atoms with Crippen LogP contribution < -0.4 is 21.3 Å². The summed E-state index contributed by atoms with van der Waals surface area (Å²) >= 11 is 12.3. The van der Waals surface area contributed by atoms with E-state index in [4.69, 9.17) is 23.2 Å². The van der Waals surface area contributed by atoms with E-state index in [1.165, 1.54) is 63.1 Å². The van der Waals surface area contributed by atoms with Crippen molar-refractivity contribution >= 4 is 88.2 Å². The number of likely N-dealkylation sites (N-methyl/N-ethyl adjacent to an activating group) is 6. The number of hydrogen-bond donors (Lipinski definition) is 4. The first-order chi connectivity index (χ1) is 42.5. The highest BCUT2D eigenvalue weighted by Crippen LogP contribution is 2.36. The molecule has 5 rings (SSSR count). The molecule has 2 heterocycles. The van der Waals surface area contributed by atoms with Gasteiger partial charge in [0.25, 0.3) is 0 Å². The number of carbonyl (C=O) groups excluding carboxylic acids is 11. The van der Waals surface area contributed by atoms with Gasteiger partial charge >= 0.3 is 6.18 Å². The normalized spacial score (nSPS) is 24.9. The zero-order valence-corrected chi connectivity index (χ0v) is 56.2. The summed E-state index contributed by atoms with van der Waals surface area (Å²) in [5.41, 5.74) is -1.74. The lowest BCUT2D eigenvalue weighted by molar-refractivity contribution is -0.149. The van der Waals surface area contributed by atoms with Crippen LogP contribution in [0.3, 0.4) is 0 Å². The molecule has 2 saturated heterocycles. The van der Waals surface area contributed by atoms with Gasteiger partial charge in [-0.15, -0.1) is 0 Å². The van der Waals surface area contributed by atoms with Gasteiger partial charge in [0.1, 0.15) is 41.8 Å². The number of benzene rings is 2. The second-order valence-corrected chi connectivity index (χ2v) is 26.5. The predicted octanol–water partition coefficient (Wildman–Crippen LogP) is 5.09. The zero-order valence-electron chi connectivity index (χ0n) is 54.6. The van der Waals surface area contributed by atoms with Crippen LogP contribution in [0.5, 0.6) is 0 Å². The monoisotopic (exact) mass is 1320 g/mol. The third kappa shape index (κ3) is 19.5. The summed E-state index contributed by atoms with van der Waals surface area (Å²) in [6, 6.07) is 1.49. The van der Waals surface area contributed by atoms with E-state index in [1.54, 1.807) is 52.0 Å². The summed E-state index contributed by atoms with van der Waals surface area (Å²) in [7, 11) is 8.30. The first kappa shape index (κ1) is 74.7. The van der Waals surface area contributed by atoms with Crippen molar-refractivity contribution in [1.29, 1.82) is 0 Å². The van der Waals surface area contributed by atoms with Crippen molar-refractivity contribution < 1.29 is 65.9 Å². The number of nitrogens with one attached hydrogen (secondary N) is 4. The Balaban J connectivity index is 1.56. The smallest absolute Gasteiger partial charge is 0.351 e. The summed E-state index contributed by atoms with van der Waals surface area (Å²) in [6.45, 7) is 10.7. The number of carbonyl (C=O) groups is 11. The van der Waals surface area contributed by atoms with E-state index in [0.717, 1.165) is 31.7 Å². The van der Waals surface area contributed by atoms with E-state index in [9.17, 15) is 65.9 Å². The van der Waals surface area contributed by atoms with Crippen LogP contribution in [-0.2, 0) is 71.8 Å². The van der Waals surface area contributed by atoms with E-state index in [0.29, 0.717) is 36.3 Å². The molecule has 1 spiro atoms. The molecule has 2 aromatic rings. The van der Waals surface area contributed by atoms with Crippen LogP contribution in [0, 0.1) is 17.8 Å². The van der Waals surface area contributed by atoms with Gasteiger partial charge in [-0.3, -0.25) is 52.7 Å². The van der Waals surface area contributed by atoms with Crippen molar-refractivity contribution in [2.24, 2.45) is 17.8 Å². The SMILES string of the molecule is CC[C@H](C)[C@@H]1NC(=O)[C@H](CC(C)C)N(C)C(=O)C[C@@H](C)NC(=O)[C@H](C(C)C)N(C)C(=O)C2(CCCC2)NC(=O)[C@@H]2CCCN2C(=O)[C@H](CCc2ccc(C(F)(F)F)c(Cl)c2)NC(=O)CN(C)C(=O)[C@H](Cc2ccc(Cl)cc2)N(C)C(=O)CN(C)C(=O)CN(C)C1=O. The Kier molecular flexibility index (Phi) is 26.7. The molecule has 1 aliphatic carbocycles. The third-order valence-electron chi connectivity index (χ3n) is 17.7. The minimum absolute atomic E-state index is 0.0351. The van der Waals surface area contributed by atoms with Crippen LogP contribution in [0.2, 0.25) is 10.0 Å². The van der Waals surface area contributed by atoms with E-state index in [-0.39, 0.29) is 69.4 Å². The molecule has 1 saturated carbocycles. The van der Waals surface area contributed by atoms with Crippen LogP contribution in [0.15, 0.2) is 42.5 Å². The fourth-order valence-corrected chi connectivity index (χ4v) is 12.5. The fraction of sp³-hybridized carbons (Fsp3) is 0.641. The van der Waals surface area contributed by atoms with Gasteiger partial charge in [-0.2, -0.15) is 13.2 Å². The Morgan fingerprint density at radius 1 is 0.648 bits per heavy atom. The van der Waals surface area contributed by atoms with Crippen LogP contribution in [0.25, 0.3) is 0 Å². The Bertz CT molecular complexity index is 2980. The molecule has 11 amide bonds. The molecular formula is C64H92Cl2F3N11O11. The standard InChI is InChI=1S/C64H92Cl2F3N11O11/c1-14-39(6)54-61(90)76(10)35-52(83)74(8)36-53(84)78(12)49(33-42-19-23-43(65)24-20-42)60(89)75(9)34-50(81)71-46(26-22-41-21-25-44(45(66)32-41)64(67,68)69)59(88)80-29-17-18-47(80)57(86)73-63(27-15-16-28-63)62(91)79(13)55(38(4)5)58(87)70-40(7)31-51(82)77(11)48(30-37(2)3)56(85)72-54/h19-21,23-25,32,37-40,46-49,54-55H,14-18,22,26-31,33-36H2,1-13H3,(H,70,87)(H,71,81)(H,72,85)(H,73,86)/t39-,40+,46-,47-,48-,49-,54-,55-/m0/s1. The highest BCUT2D eigenvalue weighted by Gasteiger charge is 2.49. The van der Waals surface area contributed by atoms with Crippen molar-refractivity contribution in [2.75, 3.05) is 68.5 Å². The van der Waals surface area contributed by atoms with Crippen molar-refractivity contribution in [3.05, 3.63) is 69.2 Å². The summed E-state index contributed by atoms with van der Waals surface area (Å²) < 4.78 is 41.3. The van der Waals surface area contributed by atoms with Crippen molar-refractivity contribution in [1.82, 2.24) is 55.6 Å². The number of rotatable bonds is 10. The predicted molar refractivity (Wildman–Crippen MR) is 336 cm³/mol. The number of nitrogens with zero attached hydrogens (tertiary/aromatic N) is 7. The summed E-state index contributed by atoms with van der Waals surface area (Å²) in [5.74, 6) is -8.35. The molecular weight excluding hydrogens is 1230 g/mol. The lowest BCUT2D eigenvalue weighted by Gasteiger charge is -2.39. The number of aryl methyl sites for hydroxylation is 1. The van der Waals surface area contributed by atoms with Gasteiger partial charge in [0.2, 0.25) is 65.0 Å². The maximum atomic E-state index is 15.0. The van der Waals surface area contributed by atoms with Gasteiger partial charge in [0.05, 0.1) is 30.2 Å². The largest absolute Gasteiger partial charge is 0.417 e. The Morgan fingerprint density at radius 3 is 1.82 bits per heavy atom. The molecule has 2 aliphatic heterocycles. The van der Waals surface area contributed by atoms with Crippen LogP contribution in [0.4, 0.5) is 13.2 Å². The van der Waals surface area contributed by atoms with Gasteiger partial charge in [-0.05, 0) is 105 Å². The summed E-state index contributed by atoms with van der Waals surface area (Å²) in [5, 5.41) is 11.2. The average molecular weight is 1320 g/mol. The molecule has 4 N–H and O–H groups in total. The zero-order chi connectivity index (χ0) is 68.1.